The van der Waals surface area contributed by atoms with Gasteiger partial charge in [-0.2, -0.15) is 0 Å². The van der Waals surface area contributed by atoms with Crippen molar-refractivity contribution >= 4 is 10.9 Å². The predicted octanol–water partition coefficient (Wildman–Crippen LogP) is 3.76. The highest BCUT2D eigenvalue weighted by Crippen LogP contribution is 2.28. The smallest absolute Gasteiger partial charge is 0.144 e. The standard InChI is InChI=1S/C16H15NO2/c1-18-16-10-17-15-8-7-13(9-14(15)16)19-11-12-5-3-2-4-6-12/h2-10,17H,11H2,1H3. The maximum atomic E-state index is 5.80. The van der Waals surface area contributed by atoms with E-state index in [9.17, 15) is 0 Å². The maximum absolute atomic E-state index is 5.80. The Balaban J connectivity index is 1.81. The van der Waals surface area contributed by atoms with Crippen LogP contribution in [0.5, 0.6) is 11.5 Å². The summed E-state index contributed by atoms with van der Waals surface area (Å²) < 4.78 is 11.1. The SMILES string of the molecule is COc1c[nH]c2ccc(OCc3ccccc3)cc12. The summed E-state index contributed by atoms with van der Waals surface area (Å²) in [7, 11) is 1.67. The molecule has 0 amide bonds. The molecule has 1 N–H and O–H groups in total. The Kier molecular flexibility index (Phi) is 3.11. The number of hydrogen-bond acceptors (Lipinski definition) is 2. The highest BCUT2D eigenvalue weighted by molar-refractivity contribution is 5.87. The van der Waals surface area contributed by atoms with Crippen LogP contribution in [-0.4, -0.2) is 12.1 Å². The molecule has 3 rings (SSSR count). The molecular weight excluding hydrogens is 238 g/mol. The molecule has 1 aromatic heterocycles. The zero-order chi connectivity index (χ0) is 13.1. The van der Waals surface area contributed by atoms with Crippen LogP contribution in [0.3, 0.4) is 0 Å². The molecule has 96 valence electrons. The second kappa shape index (κ2) is 5.06. The fourth-order valence-corrected chi connectivity index (χ4v) is 2.07. The molecule has 0 radical (unpaired) electrons. The van der Waals surface area contributed by atoms with Crippen molar-refractivity contribution < 1.29 is 9.47 Å². The van der Waals surface area contributed by atoms with Crippen LogP contribution in [0.4, 0.5) is 0 Å². The summed E-state index contributed by atoms with van der Waals surface area (Å²) >= 11 is 0. The minimum atomic E-state index is 0.569. The third-order valence-corrected chi connectivity index (χ3v) is 3.08. The van der Waals surface area contributed by atoms with Gasteiger partial charge in [-0.3, -0.25) is 0 Å². The Bertz CT molecular complexity index is 674. The van der Waals surface area contributed by atoms with E-state index in [0.29, 0.717) is 6.61 Å². The maximum Gasteiger partial charge on any atom is 0.144 e. The molecule has 0 aliphatic rings. The molecule has 0 aliphatic carbocycles. The summed E-state index contributed by atoms with van der Waals surface area (Å²) in [6.07, 6.45) is 1.85. The number of benzene rings is 2. The molecule has 0 bridgehead atoms. The Morgan fingerprint density at radius 1 is 1.05 bits per heavy atom. The van der Waals surface area contributed by atoms with Crippen molar-refractivity contribution in [1.82, 2.24) is 4.98 Å². The van der Waals surface area contributed by atoms with Gasteiger partial charge in [0, 0.05) is 17.1 Å². The molecule has 0 unspecified atom stereocenters. The first-order chi connectivity index (χ1) is 9.36. The van der Waals surface area contributed by atoms with E-state index in [4.69, 9.17) is 9.47 Å². The monoisotopic (exact) mass is 253 g/mol. The summed E-state index contributed by atoms with van der Waals surface area (Å²) in [5, 5.41) is 1.04. The number of aromatic nitrogens is 1. The number of rotatable bonds is 4. The Morgan fingerprint density at radius 2 is 1.89 bits per heavy atom. The van der Waals surface area contributed by atoms with Crippen LogP contribution in [0.1, 0.15) is 5.56 Å². The van der Waals surface area contributed by atoms with Gasteiger partial charge >= 0.3 is 0 Å². The van der Waals surface area contributed by atoms with Gasteiger partial charge in [-0.05, 0) is 23.8 Å². The quantitative estimate of drug-likeness (QED) is 0.768. The minimum absolute atomic E-state index is 0.569. The van der Waals surface area contributed by atoms with E-state index >= 15 is 0 Å². The number of nitrogens with one attached hydrogen (secondary N) is 1. The van der Waals surface area contributed by atoms with E-state index in [-0.39, 0.29) is 0 Å². The van der Waals surface area contributed by atoms with Crippen molar-refractivity contribution in [3.8, 4) is 11.5 Å². The van der Waals surface area contributed by atoms with Gasteiger partial charge in [0.2, 0.25) is 0 Å². The second-order valence-corrected chi connectivity index (χ2v) is 4.34. The molecule has 2 aromatic carbocycles. The van der Waals surface area contributed by atoms with E-state index in [1.807, 2.05) is 42.6 Å². The van der Waals surface area contributed by atoms with E-state index in [1.54, 1.807) is 7.11 Å². The molecule has 3 aromatic rings. The summed E-state index contributed by atoms with van der Waals surface area (Å²) in [5.41, 5.74) is 2.20. The van der Waals surface area contributed by atoms with Gasteiger partial charge in [0.1, 0.15) is 18.1 Å². The number of ether oxygens (including phenoxy) is 2. The molecule has 0 aliphatic heterocycles. The van der Waals surface area contributed by atoms with E-state index in [0.717, 1.165) is 28.0 Å². The lowest BCUT2D eigenvalue weighted by Crippen LogP contribution is -1.94. The Morgan fingerprint density at radius 3 is 2.68 bits per heavy atom. The van der Waals surface area contributed by atoms with Gasteiger partial charge in [0.15, 0.2) is 0 Å². The van der Waals surface area contributed by atoms with Crippen molar-refractivity contribution in [1.29, 1.82) is 0 Å². The Hall–Kier alpha value is -2.42. The molecule has 0 atom stereocenters. The highest BCUT2D eigenvalue weighted by atomic mass is 16.5. The lowest BCUT2D eigenvalue weighted by Gasteiger charge is -2.06. The average molecular weight is 253 g/mol. The molecule has 0 saturated heterocycles. The van der Waals surface area contributed by atoms with Gasteiger partial charge in [0.05, 0.1) is 7.11 Å². The third-order valence-electron chi connectivity index (χ3n) is 3.08. The Labute approximate surface area is 111 Å². The van der Waals surface area contributed by atoms with Crippen LogP contribution in [0, 0.1) is 0 Å². The van der Waals surface area contributed by atoms with Gasteiger partial charge in [-0.25, -0.2) is 0 Å². The zero-order valence-corrected chi connectivity index (χ0v) is 10.7. The van der Waals surface area contributed by atoms with Crippen LogP contribution in [0.25, 0.3) is 10.9 Å². The van der Waals surface area contributed by atoms with Crippen LogP contribution in [0.15, 0.2) is 54.7 Å². The first-order valence-electron chi connectivity index (χ1n) is 6.18. The summed E-state index contributed by atoms with van der Waals surface area (Å²) in [4.78, 5) is 3.16. The van der Waals surface area contributed by atoms with E-state index < -0.39 is 0 Å². The van der Waals surface area contributed by atoms with Crippen LogP contribution in [-0.2, 0) is 6.61 Å². The van der Waals surface area contributed by atoms with Crippen LogP contribution >= 0.6 is 0 Å². The second-order valence-electron chi connectivity index (χ2n) is 4.34. The van der Waals surface area contributed by atoms with Crippen LogP contribution < -0.4 is 9.47 Å². The van der Waals surface area contributed by atoms with E-state index in [1.165, 1.54) is 0 Å². The molecule has 1 heterocycles. The summed E-state index contributed by atoms with van der Waals surface area (Å²) in [5.74, 6) is 1.68. The fraction of sp³-hybridized carbons (Fsp3) is 0.125. The first-order valence-corrected chi connectivity index (χ1v) is 6.18. The fourth-order valence-electron chi connectivity index (χ4n) is 2.07. The van der Waals surface area contributed by atoms with Gasteiger partial charge in [-0.15, -0.1) is 0 Å². The predicted molar refractivity (Wildman–Crippen MR) is 75.6 cm³/mol. The largest absolute Gasteiger partial charge is 0.495 e. The van der Waals surface area contributed by atoms with Crippen molar-refractivity contribution in [3.05, 3.63) is 60.3 Å². The summed E-state index contributed by atoms with van der Waals surface area (Å²) in [6, 6.07) is 16.1. The van der Waals surface area contributed by atoms with E-state index in [2.05, 4.69) is 17.1 Å². The van der Waals surface area contributed by atoms with Gasteiger partial charge in [-0.1, -0.05) is 30.3 Å². The molecule has 3 heteroatoms. The number of aromatic amines is 1. The number of H-pyrrole nitrogens is 1. The number of methoxy groups -OCH3 is 1. The normalized spacial score (nSPS) is 10.6. The van der Waals surface area contributed by atoms with Crippen molar-refractivity contribution in [2.75, 3.05) is 7.11 Å². The van der Waals surface area contributed by atoms with Crippen LogP contribution in [0.2, 0.25) is 0 Å². The van der Waals surface area contributed by atoms with Crippen molar-refractivity contribution in [3.63, 3.8) is 0 Å². The molecule has 0 fully saturated rings. The number of fused-ring (bicyclic) bond motifs is 1. The van der Waals surface area contributed by atoms with Crippen molar-refractivity contribution in [2.24, 2.45) is 0 Å². The zero-order valence-electron chi connectivity index (χ0n) is 10.7. The molecular formula is C16H15NO2. The lowest BCUT2D eigenvalue weighted by atomic mass is 10.2. The molecule has 3 nitrogen and oxygen atoms in total. The van der Waals surface area contributed by atoms with Crippen molar-refractivity contribution in [2.45, 2.75) is 6.61 Å². The highest BCUT2D eigenvalue weighted by Gasteiger charge is 2.05. The van der Waals surface area contributed by atoms with Gasteiger partial charge < -0.3 is 14.5 Å². The van der Waals surface area contributed by atoms with Gasteiger partial charge in [0.25, 0.3) is 0 Å². The minimum Gasteiger partial charge on any atom is -0.495 e. The number of hydrogen-bond donors (Lipinski definition) is 1. The molecule has 0 saturated carbocycles. The molecule has 0 spiro atoms. The lowest BCUT2D eigenvalue weighted by molar-refractivity contribution is 0.306. The first kappa shape index (κ1) is 11.7. The topological polar surface area (TPSA) is 34.2 Å². The third kappa shape index (κ3) is 2.40. The summed E-state index contributed by atoms with van der Waals surface area (Å²) in [6.45, 7) is 0.569. The molecule has 19 heavy (non-hydrogen) atoms. The average Bonchev–Trinajstić information content (AvgIpc) is 2.88.